The number of carbonyl (C=O) groups excluding carboxylic acids is 1. The lowest BCUT2D eigenvalue weighted by Gasteiger charge is -2.07. The van der Waals surface area contributed by atoms with Gasteiger partial charge in [0.05, 0.1) is 6.61 Å². The SMILES string of the molecule is CCCCCCCCCCCCCCCCCCOCCOC(=O)CCCCCCCCCCCCCCCCC. The molecule has 0 unspecified atom stereocenters. The highest BCUT2D eigenvalue weighted by atomic mass is 16.6. The van der Waals surface area contributed by atoms with Crippen molar-refractivity contribution in [1.29, 1.82) is 0 Å². The Morgan fingerprint density at radius 3 is 0.976 bits per heavy atom. The van der Waals surface area contributed by atoms with Crippen molar-refractivity contribution < 1.29 is 14.3 Å². The molecule has 246 valence electrons. The van der Waals surface area contributed by atoms with Crippen molar-refractivity contribution in [3.05, 3.63) is 0 Å². The summed E-state index contributed by atoms with van der Waals surface area (Å²) in [6.07, 6.45) is 43.0. The molecule has 0 N–H and O–H groups in total. The molecule has 0 fully saturated rings. The number of carbonyl (C=O) groups is 1. The van der Waals surface area contributed by atoms with Crippen LogP contribution in [0.4, 0.5) is 0 Å². The van der Waals surface area contributed by atoms with Gasteiger partial charge in [-0.15, -0.1) is 0 Å². The molecule has 0 aliphatic heterocycles. The molecule has 0 saturated heterocycles. The molecule has 0 aromatic carbocycles. The molecule has 0 radical (unpaired) electrons. The van der Waals surface area contributed by atoms with Crippen molar-refractivity contribution in [2.24, 2.45) is 0 Å². The third-order valence-corrected chi connectivity index (χ3v) is 8.62. The molecule has 3 heteroatoms. The number of ether oxygens (including phenoxy) is 2. The van der Waals surface area contributed by atoms with Gasteiger partial charge in [-0.1, -0.05) is 200 Å². The molecule has 0 atom stereocenters. The van der Waals surface area contributed by atoms with Gasteiger partial charge in [0.2, 0.25) is 0 Å². The molecule has 0 aromatic rings. The van der Waals surface area contributed by atoms with Crippen molar-refractivity contribution >= 4 is 5.97 Å². The lowest BCUT2D eigenvalue weighted by molar-refractivity contribution is -0.145. The lowest BCUT2D eigenvalue weighted by atomic mass is 10.0. The summed E-state index contributed by atoms with van der Waals surface area (Å²) in [6, 6.07) is 0. The Balaban J connectivity index is 3.14. The summed E-state index contributed by atoms with van der Waals surface area (Å²) < 4.78 is 11.0. The molecule has 0 aromatic heterocycles. The molecular formula is C38H76O3. The normalized spacial score (nSPS) is 11.4. The maximum atomic E-state index is 11.9. The Morgan fingerprint density at radius 2 is 0.634 bits per heavy atom. The first-order valence-electron chi connectivity index (χ1n) is 19.0. The van der Waals surface area contributed by atoms with Crippen molar-refractivity contribution in [1.82, 2.24) is 0 Å². The monoisotopic (exact) mass is 581 g/mol. The first-order chi connectivity index (χ1) is 20.3. The van der Waals surface area contributed by atoms with Crippen LogP contribution in [0, 0.1) is 0 Å². The van der Waals surface area contributed by atoms with E-state index < -0.39 is 0 Å². The van der Waals surface area contributed by atoms with Gasteiger partial charge in [-0.05, 0) is 12.8 Å². The van der Waals surface area contributed by atoms with E-state index in [0.29, 0.717) is 19.6 Å². The number of hydrogen-bond donors (Lipinski definition) is 0. The highest BCUT2D eigenvalue weighted by Gasteiger charge is 2.03. The molecule has 3 nitrogen and oxygen atoms in total. The zero-order chi connectivity index (χ0) is 29.7. The molecule has 0 heterocycles. The molecule has 0 rings (SSSR count). The first-order valence-corrected chi connectivity index (χ1v) is 19.0. The fourth-order valence-electron chi connectivity index (χ4n) is 5.78. The molecular weight excluding hydrogens is 504 g/mol. The predicted octanol–water partition coefficient (Wildman–Crippen LogP) is 13.1. The third-order valence-electron chi connectivity index (χ3n) is 8.62. The second-order valence-corrected chi connectivity index (χ2v) is 12.8. The van der Waals surface area contributed by atoms with E-state index in [1.165, 1.54) is 180 Å². The second-order valence-electron chi connectivity index (χ2n) is 12.8. The maximum absolute atomic E-state index is 11.9. The minimum Gasteiger partial charge on any atom is -0.463 e. The van der Waals surface area contributed by atoms with Gasteiger partial charge in [0.25, 0.3) is 0 Å². The molecule has 0 spiro atoms. The second kappa shape index (κ2) is 37.5. The van der Waals surface area contributed by atoms with Gasteiger partial charge in [0, 0.05) is 13.0 Å². The first kappa shape index (κ1) is 40.4. The van der Waals surface area contributed by atoms with Gasteiger partial charge < -0.3 is 9.47 Å². The van der Waals surface area contributed by atoms with Gasteiger partial charge in [-0.25, -0.2) is 0 Å². The molecule has 0 aliphatic rings. The molecule has 0 amide bonds. The Labute approximate surface area is 259 Å². The highest BCUT2D eigenvalue weighted by Crippen LogP contribution is 2.15. The number of rotatable bonds is 36. The summed E-state index contributed by atoms with van der Waals surface area (Å²) in [4.78, 5) is 11.9. The number of hydrogen-bond acceptors (Lipinski definition) is 3. The Morgan fingerprint density at radius 1 is 0.341 bits per heavy atom. The van der Waals surface area contributed by atoms with Crippen LogP contribution in [-0.2, 0) is 14.3 Å². The Hall–Kier alpha value is -0.570. The van der Waals surface area contributed by atoms with Gasteiger partial charge in [-0.2, -0.15) is 0 Å². The zero-order valence-electron chi connectivity index (χ0n) is 28.5. The smallest absolute Gasteiger partial charge is 0.305 e. The van der Waals surface area contributed by atoms with Crippen LogP contribution in [0.3, 0.4) is 0 Å². The van der Waals surface area contributed by atoms with Gasteiger partial charge in [-0.3, -0.25) is 4.79 Å². The van der Waals surface area contributed by atoms with Crippen LogP contribution in [0.2, 0.25) is 0 Å². The van der Waals surface area contributed by atoms with Crippen molar-refractivity contribution in [3.8, 4) is 0 Å². The predicted molar refractivity (Wildman–Crippen MR) is 181 cm³/mol. The summed E-state index contributed by atoms with van der Waals surface area (Å²) in [7, 11) is 0. The number of esters is 1. The van der Waals surface area contributed by atoms with Crippen LogP contribution in [0.1, 0.15) is 219 Å². The quantitative estimate of drug-likeness (QED) is 0.0546. The Kier molecular flexibility index (Phi) is 36.9. The molecule has 0 saturated carbocycles. The summed E-state index contributed by atoms with van der Waals surface area (Å²) in [5, 5.41) is 0. The summed E-state index contributed by atoms with van der Waals surface area (Å²) >= 11 is 0. The van der Waals surface area contributed by atoms with Crippen LogP contribution in [-0.4, -0.2) is 25.8 Å². The average molecular weight is 581 g/mol. The molecule has 0 bridgehead atoms. The van der Waals surface area contributed by atoms with E-state index in [-0.39, 0.29) is 5.97 Å². The van der Waals surface area contributed by atoms with E-state index >= 15 is 0 Å². The van der Waals surface area contributed by atoms with Crippen LogP contribution >= 0.6 is 0 Å². The van der Waals surface area contributed by atoms with Crippen LogP contribution < -0.4 is 0 Å². The van der Waals surface area contributed by atoms with Crippen LogP contribution in [0.5, 0.6) is 0 Å². The van der Waals surface area contributed by atoms with E-state index in [1.807, 2.05) is 0 Å². The fraction of sp³-hybridized carbons (Fsp3) is 0.974. The molecule has 0 aliphatic carbocycles. The molecule has 41 heavy (non-hydrogen) atoms. The van der Waals surface area contributed by atoms with E-state index in [1.54, 1.807) is 0 Å². The zero-order valence-corrected chi connectivity index (χ0v) is 28.5. The van der Waals surface area contributed by atoms with Crippen LogP contribution in [0.15, 0.2) is 0 Å². The summed E-state index contributed by atoms with van der Waals surface area (Å²) in [5.41, 5.74) is 0. The summed E-state index contributed by atoms with van der Waals surface area (Å²) in [6.45, 7) is 6.34. The van der Waals surface area contributed by atoms with E-state index in [4.69, 9.17) is 9.47 Å². The minimum absolute atomic E-state index is 0.0503. The van der Waals surface area contributed by atoms with Gasteiger partial charge in [0.15, 0.2) is 0 Å². The lowest BCUT2D eigenvalue weighted by Crippen LogP contribution is -2.10. The fourth-order valence-corrected chi connectivity index (χ4v) is 5.78. The third kappa shape index (κ3) is 37.4. The Bertz CT molecular complexity index is 478. The van der Waals surface area contributed by atoms with Crippen molar-refractivity contribution in [3.63, 3.8) is 0 Å². The van der Waals surface area contributed by atoms with Crippen LogP contribution in [0.25, 0.3) is 0 Å². The summed E-state index contributed by atoms with van der Waals surface area (Å²) in [5.74, 6) is -0.0503. The average Bonchev–Trinajstić information content (AvgIpc) is 2.98. The topological polar surface area (TPSA) is 35.5 Å². The van der Waals surface area contributed by atoms with E-state index in [2.05, 4.69) is 13.8 Å². The van der Waals surface area contributed by atoms with Gasteiger partial charge >= 0.3 is 5.97 Å². The van der Waals surface area contributed by atoms with Crippen molar-refractivity contribution in [2.45, 2.75) is 219 Å². The highest BCUT2D eigenvalue weighted by molar-refractivity contribution is 5.69. The maximum Gasteiger partial charge on any atom is 0.305 e. The van der Waals surface area contributed by atoms with Gasteiger partial charge in [0.1, 0.15) is 6.61 Å². The standard InChI is InChI=1S/C38H76O3/c1-3-5-7-9-11-13-15-17-19-21-23-25-27-29-31-33-35-40-36-37-41-38(39)34-32-30-28-26-24-22-20-18-16-14-12-10-8-6-4-2/h3-37H2,1-2H3. The van der Waals surface area contributed by atoms with E-state index in [9.17, 15) is 4.79 Å². The largest absolute Gasteiger partial charge is 0.463 e. The number of unbranched alkanes of at least 4 members (excludes halogenated alkanes) is 29. The minimum atomic E-state index is -0.0503. The van der Waals surface area contributed by atoms with E-state index in [0.717, 1.165) is 25.9 Å². The van der Waals surface area contributed by atoms with Crippen molar-refractivity contribution in [2.75, 3.05) is 19.8 Å².